The lowest BCUT2D eigenvalue weighted by Crippen LogP contribution is -3.12. The molecule has 0 unspecified atom stereocenters. The predicted molar refractivity (Wildman–Crippen MR) is 92.4 cm³/mol. The highest BCUT2D eigenvalue weighted by Gasteiger charge is 2.30. The van der Waals surface area contributed by atoms with Gasteiger partial charge in [-0.3, -0.25) is 10.1 Å². The van der Waals surface area contributed by atoms with E-state index in [1.807, 2.05) is 4.90 Å². The Kier molecular flexibility index (Phi) is 4.98. The van der Waals surface area contributed by atoms with Crippen molar-refractivity contribution in [3.8, 4) is 0 Å². The summed E-state index contributed by atoms with van der Waals surface area (Å²) in [6.45, 7) is 3.30. The van der Waals surface area contributed by atoms with Crippen molar-refractivity contribution in [3.63, 3.8) is 0 Å². The molecule has 1 aromatic heterocycles. The minimum atomic E-state index is -0.472. The van der Waals surface area contributed by atoms with Crippen molar-refractivity contribution in [1.82, 2.24) is 9.97 Å². The van der Waals surface area contributed by atoms with E-state index in [9.17, 15) is 10.1 Å². The molecule has 0 aromatic carbocycles. The molecule has 0 bridgehead atoms. The zero-order valence-electron chi connectivity index (χ0n) is 14.1. The Morgan fingerprint density at radius 3 is 2.54 bits per heavy atom. The highest BCUT2D eigenvalue weighted by Crippen LogP contribution is 2.32. The smallest absolute Gasteiger partial charge is 0.353 e. The molecule has 1 saturated carbocycles. The molecule has 2 aliphatic rings. The molecule has 0 atom stereocenters. The van der Waals surface area contributed by atoms with Gasteiger partial charge < -0.3 is 20.9 Å². The first-order valence-corrected chi connectivity index (χ1v) is 8.69. The third-order valence-electron chi connectivity index (χ3n) is 4.93. The number of nitro groups is 1. The van der Waals surface area contributed by atoms with Gasteiger partial charge in [0, 0.05) is 6.04 Å². The fourth-order valence-corrected chi connectivity index (χ4v) is 3.45. The van der Waals surface area contributed by atoms with Crippen LogP contribution in [0.15, 0.2) is 0 Å². The van der Waals surface area contributed by atoms with E-state index in [0.717, 1.165) is 39.0 Å². The quantitative estimate of drug-likeness (QED) is 0.525. The number of quaternary nitrogens is 1. The van der Waals surface area contributed by atoms with Gasteiger partial charge in [-0.2, -0.15) is 9.97 Å². The summed E-state index contributed by atoms with van der Waals surface area (Å²) in [6.07, 6.45) is 5.79. The van der Waals surface area contributed by atoms with Gasteiger partial charge in [0.1, 0.15) is 0 Å². The number of nitrogen functional groups attached to an aromatic ring is 1. The molecule has 4 N–H and O–H groups in total. The summed E-state index contributed by atoms with van der Waals surface area (Å²) >= 11 is 0. The molecule has 1 aliphatic heterocycles. The summed E-state index contributed by atoms with van der Waals surface area (Å²) in [7, 11) is 2.12. The Labute approximate surface area is 141 Å². The number of nitrogens with two attached hydrogens (primary N) is 1. The maximum atomic E-state index is 11.4. The molecule has 132 valence electrons. The minimum absolute atomic E-state index is 0.0606. The number of nitrogens with zero attached hydrogens (tertiary/aromatic N) is 4. The Morgan fingerprint density at radius 1 is 1.25 bits per heavy atom. The van der Waals surface area contributed by atoms with Gasteiger partial charge in [-0.1, -0.05) is 19.3 Å². The number of nitrogens with one attached hydrogen (secondary N) is 2. The molecule has 0 radical (unpaired) electrons. The molecule has 2 heterocycles. The van der Waals surface area contributed by atoms with Crippen LogP contribution in [0.25, 0.3) is 0 Å². The SMILES string of the molecule is C[NH+]1CCN(c2nc(NC3CCCCC3)nc(N)c2[N+](=O)[O-])CC1. The van der Waals surface area contributed by atoms with E-state index in [2.05, 4.69) is 22.3 Å². The fraction of sp³-hybridized carbons (Fsp3) is 0.733. The largest absolute Gasteiger partial charge is 0.378 e. The van der Waals surface area contributed by atoms with Crippen LogP contribution in [0.5, 0.6) is 0 Å². The zero-order valence-corrected chi connectivity index (χ0v) is 14.1. The van der Waals surface area contributed by atoms with Crippen LogP contribution in [-0.2, 0) is 0 Å². The number of aromatic nitrogens is 2. The normalized spacial score (nSPS) is 20.1. The van der Waals surface area contributed by atoms with E-state index in [1.54, 1.807) is 0 Å². The first-order chi connectivity index (χ1) is 11.5. The van der Waals surface area contributed by atoms with Crippen molar-refractivity contribution >= 4 is 23.3 Å². The summed E-state index contributed by atoms with van der Waals surface area (Å²) in [5.74, 6) is 0.694. The highest BCUT2D eigenvalue weighted by molar-refractivity contribution is 5.71. The van der Waals surface area contributed by atoms with Crippen LogP contribution in [-0.4, -0.2) is 54.2 Å². The van der Waals surface area contributed by atoms with Crippen molar-refractivity contribution in [3.05, 3.63) is 10.1 Å². The summed E-state index contributed by atoms with van der Waals surface area (Å²) in [5.41, 5.74) is 5.72. The molecule has 2 fully saturated rings. The van der Waals surface area contributed by atoms with Crippen LogP contribution >= 0.6 is 0 Å². The van der Waals surface area contributed by atoms with Crippen molar-refractivity contribution in [1.29, 1.82) is 0 Å². The molecular formula is C15H26N7O2+. The monoisotopic (exact) mass is 336 g/mol. The second-order valence-corrected chi connectivity index (χ2v) is 6.79. The van der Waals surface area contributed by atoms with Gasteiger partial charge in [0.05, 0.1) is 38.2 Å². The van der Waals surface area contributed by atoms with Crippen molar-refractivity contribution in [2.24, 2.45) is 0 Å². The third kappa shape index (κ3) is 3.66. The van der Waals surface area contributed by atoms with Gasteiger partial charge in [-0.25, -0.2) is 0 Å². The standard InChI is InChI=1S/C15H25N7O2/c1-20-7-9-21(10-8-20)14-12(22(23)24)13(16)18-15(19-14)17-11-5-3-2-4-6-11/h11H,2-10H2,1H3,(H3,16,17,18,19)/p+1. The Balaban J connectivity index is 1.87. The van der Waals surface area contributed by atoms with E-state index in [-0.39, 0.29) is 11.5 Å². The Morgan fingerprint density at radius 2 is 1.92 bits per heavy atom. The average molecular weight is 336 g/mol. The third-order valence-corrected chi connectivity index (χ3v) is 4.93. The Bertz CT molecular complexity index is 596. The summed E-state index contributed by atoms with van der Waals surface area (Å²) in [5, 5.41) is 14.8. The molecule has 0 amide bonds. The number of hydrogen-bond acceptors (Lipinski definition) is 7. The van der Waals surface area contributed by atoms with Crippen LogP contribution in [0.2, 0.25) is 0 Å². The molecule has 1 aliphatic carbocycles. The number of piperazine rings is 1. The summed E-state index contributed by atoms with van der Waals surface area (Å²) in [4.78, 5) is 23.0. The first kappa shape index (κ1) is 16.7. The predicted octanol–water partition coefficient (Wildman–Crippen LogP) is 0.0463. The molecule has 9 heteroatoms. The van der Waals surface area contributed by atoms with E-state index in [0.29, 0.717) is 17.8 Å². The van der Waals surface area contributed by atoms with E-state index >= 15 is 0 Å². The number of likely N-dealkylation sites (N-methyl/N-ethyl adjacent to an activating group) is 1. The number of rotatable bonds is 4. The van der Waals surface area contributed by atoms with Gasteiger partial charge >= 0.3 is 5.69 Å². The minimum Gasteiger partial charge on any atom is -0.378 e. The van der Waals surface area contributed by atoms with Crippen LogP contribution in [0.3, 0.4) is 0 Å². The van der Waals surface area contributed by atoms with Crippen molar-refractivity contribution in [2.45, 2.75) is 38.1 Å². The lowest BCUT2D eigenvalue weighted by molar-refractivity contribution is -0.880. The molecule has 3 rings (SSSR count). The highest BCUT2D eigenvalue weighted by atomic mass is 16.6. The molecule has 1 saturated heterocycles. The maximum Gasteiger partial charge on any atom is 0.353 e. The average Bonchev–Trinajstić information content (AvgIpc) is 2.55. The van der Waals surface area contributed by atoms with Crippen LogP contribution in [0.1, 0.15) is 32.1 Å². The second-order valence-electron chi connectivity index (χ2n) is 6.79. The molecule has 0 spiro atoms. The Hall–Kier alpha value is -2.16. The van der Waals surface area contributed by atoms with Gasteiger partial charge in [0.2, 0.25) is 17.6 Å². The van der Waals surface area contributed by atoms with Gasteiger partial charge in [-0.15, -0.1) is 0 Å². The van der Waals surface area contributed by atoms with Crippen LogP contribution < -0.4 is 20.9 Å². The van der Waals surface area contributed by atoms with Crippen molar-refractivity contribution in [2.75, 3.05) is 49.2 Å². The maximum absolute atomic E-state index is 11.4. The van der Waals surface area contributed by atoms with Gasteiger partial charge in [0.15, 0.2) is 0 Å². The summed E-state index contributed by atoms with van der Waals surface area (Å²) < 4.78 is 0. The number of anilines is 3. The second kappa shape index (κ2) is 7.16. The zero-order chi connectivity index (χ0) is 17.1. The van der Waals surface area contributed by atoms with Gasteiger partial charge in [-0.05, 0) is 12.8 Å². The molecular weight excluding hydrogens is 310 g/mol. The lowest BCUT2D eigenvalue weighted by Gasteiger charge is -2.31. The lowest BCUT2D eigenvalue weighted by atomic mass is 9.96. The first-order valence-electron chi connectivity index (χ1n) is 8.69. The molecule has 9 nitrogen and oxygen atoms in total. The van der Waals surface area contributed by atoms with Crippen molar-refractivity contribution < 1.29 is 9.82 Å². The van der Waals surface area contributed by atoms with Crippen LogP contribution in [0.4, 0.5) is 23.3 Å². The molecule has 1 aromatic rings. The summed E-state index contributed by atoms with van der Waals surface area (Å²) in [6, 6.07) is 0.324. The van der Waals surface area contributed by atoms with E-state index in [4.69, 9.17) is 5.73 Å². The van der Waals surface area contributed by atoms with Crippen LogP contribution in [0, 0.1) is 10.1 Å². The fourth-order valence-electron chi connectivity index (χ4n) is 3.45. The van der Waals surface area contributed by atoms with Gasteiger partial charge in [0.25, 0.3) is 0 Å². The number of hydrogen-bond donors (Lipinski definition) is 3. The molecule has 24 heavy (non-hydrogen) atoms. The van der Waals surface area contributed by atoms with E-state index in [1.165, 1.54) is 24.2 Å². The topological polar surface area (TPSA) is 115 Å². The van der Waals surface area contributed by atoms with E-state index < -0.39 is 4.92 Å².